The van der Waals surface area contributed by atoms with E-state index in [9.17, 15) is 0 Å². The van der Waals surface area contributed by atoms with Crippen molar-refractivity contribution in [3.63, 3.8) is 0 Å². The Bertz CT molecular complexity index is 481. The van der Waals surface area contributed by atoms with E-state index in [0.29, 0.717) is 0 Å². The maximum absolute atomic E-state index is 3.81. The lowest BCUT2D eigenvalue weighted by atomic mass is 9.96. The molecule has 2 aromatic rings. The quantitative estimate of drug-likeness (QED) is 0.322. The Morgan fingerprint density at radius 1 is 0.400 bits per heavy atom. The maximum atomic E-state index is 3.81. The average Bonchev–Trinajstić information content (AvgIpc) is 2.51. The van der Waals surface area contributed by atoms with Gasteiger partial charge in [0.25, 0.3) is 0 Å². The molecule has 0 aliphatic heterocycles. The van der Waals surface area contributed by atoms with Crippen LogP contribution in [0.4, 0.5) is 0 Å². The normalized spacial score (nSPS) is 29.0. The van der Waals surface area contributed by atoms with E-state index < -0.39 is 0 Å². The molecule has 104 valence electrons. The summed E-state index contributed by atoms with van der Waals surface area (Å²) in [6, 6.07) is 17.6. The average molecular weight is 524 g/mol. The molecule has 20 heavy (non-hydrogen) atoms. The van der Waals surface area contributed by atoms with Crippen LogP contribution in [0.3, 0.4) is 0 Å². The summed E-state index contributed by atoms with van der Waals surface area (Å²) >= 11 is 15.2. The molecule has 4 bridgehead atoms. The lowest BCUT2D eigenvalue weighted by Gasteiger charge is -2.23. The maximum Gasteiger partial charge on any atom is 0.0561 e. The summed E-state index contributed by atoms with van der Waals surface area (Å²) in [5, 5.41) is 0. The summed E-state index contributed by atoms with van der Waals surface area (Å²) in [4.78, 5) is 1.04. The summed E-state index contributed by atoms with van der Waals surface area (Å²) < 4.78 is 0. The molecule has 4 unspecified atom stereocenters. The van der Waals surface area contributed by atoms with Crippen LogP contribution in [0.25, 0.3) is 0 Å². The third-order valence-corrected chi connectivity index (χ3v) is 9.31. The summed E-state index contributed by atoms with van der Waals surface area (Å²) in [6.07, 6.45) is 0. The largest absolute Gasteiger partial charge is 0.0823 e. The summed E-state index contributed by atoms with van der Waals surface area (Å²) in [7, 11) is 0. The first-order valence-corrected chi connectivity index (χ1v) is 10.00. The zero-order valence-corrected chi connectivity index (χ0v) is 16.8. The summed E-state index contributed by atoms with van der Waals surface area (Å²) in [6.45, 7) is 0. The molecule has 0 saturated heterocycles. The fourth-order valence-electron chi connectivity index (χ4n) is 2.40. The van der Waals surface area contributed by atoms with Crippen molar-refractivity contribution in [3.05, 3.63) is 70.8 Å². The molecular formula is C16H12Br4. The zero-order valence-electron chi connectivity index (χ0n) is 10.4. The molecule has 4 atom stereocenters. The van der Waals surface area contributed by atoms with Crippen molar-refractivity contribution in [1.82, 2.24) is 0 Å². The van der Waals surface area contributed by atoms with Gasteiger partial charge in [0, 0.05) is 0 Å². The van der Waals surface area contributed by atoms with E-state index in [-0.39, 0.29) is 19.3 Å². The number of halogens is 4. The molecule has 0 aromatic heterocycles. The van der Waals surface area contributed by atoms with Crippen LogP contribution in [-0.2, 0) is 0 Å². The van der Waals surface area contributed by atoms with E-state index in [2.05, 4.69) is 112 Å². The Morgan fingerprint density at radius 3 is 0.700 bits per heavy atom. The fourth-order valence-corrected chi connectivity index (χ4v) is 4.85. The highest BCUT2D eigenvalue weighted by Crippen LogP contribution is 2.47. The Kier molecular flexibility index (Phi) is 4.76. The minimum atomic E-state index is 0.260. The minimum Gasteiger partial charge on any atom is -0.0823 e. The van der Waals surface area contributed by atoms with E-state index in [1.54, 1.807) is 0 Å². The molecule has 0 N–H and O–H groups in total. The van der Waals surface area contributed by atoms with Gasteiger partial charge in [0.1, 0.15) is 0 Å². The second-order valence-electron chi connectivity index (χ2n) is 4.94. The van der Waals surface area contributed by atoms with Crippen LogP contribution < -0.4 is 0 Å². The molecule has 4 heteroatoms. The van der Waals surface area contributed by atoms with E-state index in [4.69, 9.17) is 0 Å². The van der Waals surface area contributed by atoms with Gasteiger partial charge in [-0.15, -0.1) is 0 Å². The number of benzene rings is 2. The fraction of sp³-hybridized carbons (Fsp3) is 0.250. The Morgan fingerprint density at radius 2 is 0.550 bits per heavy atom. The highest BCUT2D eigenvalue weighted by molar-refractivity contribution is 9.12. The van der Waals surface area contributed by atoms with E-state index in [0.717, 1.165) is 0 Å². The van der Waals surface area contributed by atoms with Crippen molar-refractivity contribution in [1.29, 1.82) is 0 Å². The van der Waals surface area contributed by atoms with Crippen molar-refractivity contribution in [2.24, 2.45) is 0 Å². The van der Waals surface area contributed by atoms with Crippen LogP contribution in [0.2, 0.25) is 0 Å². The monoisotopic (exact) mass is 520 g/mol. The third kappa shape index (κ3) is 2.81. The molecule has 4 aliphatic carbocycles. The predicted molar refractivity (Wildman–Crippen MR) is 99.6 cm³/mol. The van der Waals surface area contributed by atoms with E-state index in [1.807, 2.05) is 0 Å². The van der Waals surface area contributed by atoms with Crippen molar-refractivity contribution in [2.75, 3.05) is 0 Å². The summed E-state index contributed by atoms with van der Waals surface area (Å²) in [5.74, 6) is 0. The first-order chi connectivity index (χ1) is 9.58. The lowest BCUT2D eigenvalue weighted by molar-refractivity contribution is 0.901. The number of alkyl halides is 4. The van der Waals surface area contributed by atoms with Crippen LogP contribution in [0.15, 0.2) is 48.5 Å². The molecule has 0 radical (unpaired) electrons. The van der Waals surface area contributed by atoms with Crippen LogP contribution in [0.1, 0.15) is 41.6 Å². The molecule has 0 nitrogen and oxygen atoms in total. The zero-order chi connectivity index (χ0) is 14.3. The van der Waals surface area contributed by atoms with Crippen molar-refractivity contribution in [3.8, 4) is 0 Å². The van der Waals surface area contributed by atoms with E-state index >= 15 is 0 Å². The van der Waals surface area contributed by atoms with Gasteiger partial charge >= 0.3 is 0 Å². The second kappa shape index (κ2) is 6.23. The van der Waals surface area contributed by atoms with Crippen LogP contribution in [0, 0.1) is 0 Å². The lowest BCUT2D eigenvalue weighted by Crippen LogP contribution is -2.04. The van der Waals surface area contributed by atoms with Gasteiger partial charge in [-0.1, -0.05) is 112 Å². The van der Waals surface area contributed by atoms with Gasteiger partial charge in [-0.05, 0) is 22.3 Å². The van der Waals surface area contributed by atoms with Crippen molar-refractivity contribution >= 4 is 63.7 Å². The molecule has 0 fully saturated rings. The van der Waals surface area contributed by atoms with Gasteiger partial charge in [0.15, 0.2) is 0 Å². The highest BCUT2D eigenvalue weighted by Gasteiger charge is 2.24. The van der Waals surface area contributed by atoms with Crippen molar-refractivity contribution < 1.29 is 0 Å². The molecule has 2 aromatic carbocycles. The predicted octanol–water partition coefficient (Wildman–Crippen LogP) is 7.14. The molecule has 0 heterocycles. The standard InChI is InChI=1S/C16H12Br4/c17-13-9-1-2-10(4-3-9)14(18)16(20)12-7-5-11(6-8-12)15(13)19/h1-8,13-16H. The molecule has 0 amide bonds. The third-order valence-electron chi connectivity index (χ3n) is 3.66. The SMILES string of the molecule is BrC1c2ccc(cc2)C(Br)C(Br)c2ccc(cc2)C1Br. The van der Waals surface area contributed by atoms with Gasteiger partial charge in [-0.2, -0.15) is 0 Å². The Labute approximate surface area is 152 Å². The summed E-state index contributed by atoms with van der Waals surface area (Å²) in [5.41, 5.74) is 5.13. The van der Waals surface area contributed by atoms with Gasteiger partial charge in [-0.3, -0.25) is 0 Å². The smallest absolute Gasteiger partial charge is 0.0561 e. The molecule has 0 saturated carbocycles. The van der Waals surface area contributed by atoms with Gasteiger partial charge in [0.2, 0.25) is 0 Å². The molecule has 0 spiro atoms. The Balaban J connectivity index is 2.15. The number of hydrogen-bond acceptors (Lipinski definition) is 0. The van der Waals surface area contributed by atoms with Crippen molar-refractivity contribution in [2.45, 2.75) is 19.3 Å². The highest BCUT2D eigenvalue weighted by atomic mass is 79.9. The number of hydrogen-bond donors (Lipinski definition) is 0. The van der Waals surface area contributed by atoms with Crippen LogP contribution in [0.5, 0.6) is 0 Å². The second-order valence-corrected chi connectivity index (χ2v) is 8.89. The first-order valence-electron chi connectivity index (χ1n) is 6.34. The van der Waals surface area contributed by atoms with Gasteiger partial charge in [0.05, 0.1) is 19.3 Å². The molecule has 4 aliphatic rings. The molecule has 6 rings (SSSR count). The number of rotatable bonds is 0. The van der Waals surface area contributed by atoms with E-state index in [1.165, 1.54) is 22.3 Å². The minimum absolute atomic E-state index is 0.260. The van der Waals surface area contributed by atoms with Gasteiger partial charge < -0.3 is 0 Å². The Hall–Kier alpha value is 0.360. The van der Waals surface area contributed by atoms with Crippen LogP contribution >= 0.6 is 63.7 Å². The first kappa shape index (κ1) is 15.3. The molecular weight excluding hydrogens is 512 g/mol. The topological polar surface area (TPSA) is 0 Å². The van der Waals surface area contributed by atoms with Crippen LogP contribution in [-0.4, -0.2) is 0 Å². The van der Waals surface area contributed by atoms with Gasteiger partial charge in [-0.25, -0.2) is 0 Å².